The Morgan fingerprint density at radius 2 is 2.24 bits per heavy atom. The van der Waals surface area contributed by atoms with Gasteiger partial charge in [-0.2, -0.15) is 0 Å². The van der Waals surface area contributed by atoms with Crippen LogP contribution < -0.4 is 5.32 Å². The molecule has 1 saturated heterocycles. The number of carbonyl (C=O) groups excluding carboxylic acids is 1. The van der Waals surface area contributed by atoms with Crippen molar-refractivity contribution in [3.63, 3.8) is 0 Å². The quantitative estimate of drug-likeness (QED) is 0.712. The van der Waals surface area contributed by atoms with E-state index in [2.05, 4.69) is 24.1 Å². The van der Waals surface area contributed by atoms with Crippen LogP contribution in [0.25, 0.3) is 0 Å². The Bertz CT molecular complexity index is 244. The number of hydrogen-bond donors (Lipinski definition) is 1. The average Bonchev–Trinajstić information content (AvgIpc) is 2.74. The molecule has 100 valence electrons. The molecular weight excluding hydrogens is 216 g/mol. The highest BCUT2D eigenvalue weighted by Gasteiger charge is 2.30. The second-order valence-electron chi connectivity index (χ2n) is 5.04. The topological polar surface area (TPSA) is 41.6 Å². The zero-order chi connectivity index (χ0) is 12.8. The highest BCUT2D eigenvalue weighted by molar-refractivity contribution is 5.76. The van der Waals surface area contributed by atoms with Crippen LogP contribution in [-0.4, -0.2) is 49.7 Å². The van der Waals surface area contributed by atoms with Crippen LogP contribution in [0.15, 0.2) is 0 Å². The molecule has 17 heavy (non-hydrogen) atoms. The molecule has 1 fully saturated rings. The van der Waals surface area contributed by atoms with Gasteiger partial charge in [-0.1, -0.05) is 13.8 Å². The van der Waals surface area contributed by atoms with Crippen LogP contribution in [0.5, 0.6) is 0 Å². The molecule has 1 N–H and O–H groups in total. The number of esters is 1. The molecule has 0 aromatic heterocycles. The summed E-state index contributed by atoms with van der Waals surface area (Å²) >= 11 is 0. The van der Waals surface area contributed by atoms with Gasteiger partial charge in [-0.3, -0.25) is 9.69 Å². The summed E-state index contributed by atoms with van der Waals surface area (Å²) in [5, 5.41) is 3.06. The number of rotatable bonds is 6. The van der Waals surface area contributed by atoms with Crippen LogP contribution in [0.4, 0.5) is 0 Å². The van der Waals surface area contributed by atoms with Crippen LogP contribution in [0, 0.1) is 5.92 Å². The van der Waals surface area contributed by atoms with Gasteiger partial charge in [0.1, 0.15) is 6.04 Å². The normalized spacial score (nSPS) is 23.0. The van der Waals surface area contributed by atoms with Crippen LogP contribution in [-0.2, 0) is 9.53 Å². The predicted molar refractivity (Wildman–Crippen MR) is 68.9 cm³/mol. The first-order valence-electron chi connectivity index (χ1n) is 6.68. The van der Waals surface area contributed by atoms with Crippen LogP contribution in [0.1, 0.15) is 33.6 Å². The van der Waals surface area contributed by atoms with E-state index in [9.17, 15) is 4.79 Å². The van der Waals surface area contributed by atoms with Gasteiger partial charge in [-0.25, -0.2) is 0 Å². The number of ether oxygens (including phenoxy) is 1. The maximum Gasteiger partial charge on any atom is 0.324 e. The van der Waals surface area contributed by atoms with Crippen molar-refractivity contribution in [3.05, 3.63) is 0 Å². The highest BCUT2D eigenvalue weighted by Crippen LogP contribution is 2.23. The van der Waals surface area contributed by atoms with Crippen molar-refractivity contribution in [1.82, 2.24) is 10.2 Å². The van der Waals surface area contributed by atoms with Crippen molar-refractivity contribution >= 4 is 5.97 Å². The Hall–Kier alpha value is -0.610. The molecule has 1 heterocycles. The Kier molecular flexibility index (Phi) is 5.92. The summed E-state index contributed by atoms with van der Waals surface area (Å²) in [5.74, 6) is 0.515. The summed E-state index contributed by atoms with van der Waals surface area (Å²) in [6.07, 6.45) is 2.49. The minimum Gasteiger partial charge on any atom is -0.465 e. The lowest BCUT2D eigenvalue weighted by Crippen LogP contribution is -2.48. The number of hydrogen-bond acceptors (Lipinski definition) is 4. The Balaban J connectivity index is 2.52. The first-order chi connectivity index (χ1) is 8.10. The smallest absolute Gasteiger partial charge is 0.324 e. The van der Waals surface area contributed by atoms with Crippen molar-refractivity contribution in [2.75, 3.05) is 26.7 Å². The maximum absolute atomic E-state index is 11.7. The van der Waals surface area contributed by atoms with Gasteiger partial charge in [0, 0.05) is 12.6 Å². The van der Waals surface area contributed by atoms with E-state index in [1.165, 1.54) is 12.8 Å². The third-order valence-corrected chi connectivity index (χ3v) is 3.52. The van der Waals surface area contributed by atoms with Gasteiger partial charge in [-0.15, -0.1) is 0 Å². The molecule has 0 aromatic carbocycles. The Morgan fingerprint density at radius 1 is 1.53 bits per heavy atom. The number of nitrogens with one attached hydrogen (secondary N) is 1. The van der Waals surface area contributed by atoms with E-state index < -0.39 is 0 Å². The molecular formula is C13H26N2O2. The SMILES string of the molecule is CCOC(=O)C(CN1CCCC1C(C)C)NC. The zero-order valence-electron chi connectivity index (χ0n) is 11.5. The summed E-state index contributed by atoms with van der Waals surface area (Å²) in [5.41, 5.74) is 0. The predicted octanol–water partition coefficient (Wildman–Crippen LogP) is 1.26. The monoisotopic (exact) mass is 242 g/mol. The third kappa shape index (κ3) is 3.96. The van der Waals surface area contributed by atoms with Crippen LogP contribution >= 0.6 is 0 Å². The summed E-state index contributed by atoms with van der Waals surface area (Å²) in [6.45, 7) is 8.66. The first kappa shape index (κ1) is 14.5. The molecule has 0 amide bonds. The van der Waals surface area contributed by atoms with E-state index in [0.29, 0.717) is 18.6 Å². The van der Waals surface area contributed by atoms with Gasteiger partial charge in [-0.05, 0) is 39.3 Å². The molecule has 0 saturated carbocycles. The fraction of sp³-hybridized carbons (Fsp3) is 0.923. The second kappa shape index (κ2) is 6.97. The van der Waals surface area contributed by atoms with Crippen molar-refractivity contribution < 1.29 is 9.53 Å². The Labute approximate surface area is 105 Å². The minimum atomic E-state index is -0.200. The molecule has 0 radical (unpaired) electrons. The molecule has 0 bridgehead atoms. The van der Waals surface area contributed by atoms with Crippen molar-refractivity contribution in [2.45, 2.75) is 45.7 Å². The Morgan fingerprint density at radius 3 is 2.76 bits per heavy atom. The van der Waals surface area contributed by atoms with Gasteiger partial charge in [0.25, 0.3) is 0 Å². The van der Waals surface area contributed by atoms with E-state index in [1.807, 2.05) is 14.0 Å². The average molecular weight is 242 g/mol. The van der Waals surface area contributed by atoms with Crippen molar-refractivity contribution in [3.8, 4) is 0 Å². The molecule has 2 unspecified atom stereocenters. The van der Waals surface area contributed by atoms with Crippen molar-refractivity contribution in [2.24, 2.45) is 5.92 Å². The fourth-order valence-electron chi connectivity index (χ4n) is 2.59. The molecule has 2 atom stereocenters. The summed E-state index contributed by atoms with van der Waals surface area (Å²) < 4.78 is 5.07. The lowest BCUT2D eigenvalue weighted by molar-refractivity contribution is -0.146. The number of likely N-dealkylation sites (N-methyl/N-ethyl adjacent to an activating group) is 1. The standard InChI is InChI=1S/C13H26N2O2/c1-5-17-13(16)11(14-4)9-15-8-6-7-12(15)10(2)3/h10-12,14H,5-9H2,1-4H3. The molecule has 4 heteroatoms. The largest absolute Gasteiger partial charge is 0.465 e. The minimum absolute atomic E-state index is 0.135. The molecule has 1 rings (SSSR count). The third-order valence-electron chi connectivity index (χ3n) is 3.52. The maximum atomic E-state index is 11.7. The molecule has 0 spiro atoms. The summed E-state index contributed by atoms with van der Waals surface area (Å²) in [6, 6.07) is 0.412. The number of likely N-dealkylation sites (tertiary alicyclic amines) is 1. The highest BCUT2D eigenvalue weighted by atomic mass is 16.5. The first-order valence-corrected chi connectivity index (χ1v) is 6.68. The van der Waals surface area contributed by atoms with Gasteiger partial charge in [0.05, 0.1) is 6.61 Å². The van der Waals surface area contributed by atoms with Gasteiger partial charge in [0.15, 0.2) is 0 Å². The molecule has 0 aliphatic carbocycles. The second-order valence-corrected chi connectivity index (χ2v) is 5.04. The van der Waals surface area contributed by atoms with Gasteiger partial charge < -0.3 is 10.1 Å². The van der Waals surface area contributed by atoms with Crippen molar-refractivity contribution in [1.29, 1.82) is 0 Å². The number of carbonyl (C=O) groups is 1. The van der Waals surface area contributed by atoms with E-state index in [0.717, 1.165) is 13.1 Å². The van der Waals surface area contributed by atoms with E-state index in [4.69, 9.17) is 4.74 Å². The molecule has 0 aromatic rings. The van der Waals surface area contributed by atoms with E-state index in [-0.39, 0.29) is 12.0 Å². The van der Waals surface area contributed by atoms with Gasteiger partial charge >= 0.3 is 5.97 Å². The van der Waals surface area contributed by atoms with Gasteiger partial charge in [0.2, 0.25) is 0 Å². The van der Waals surface area contributed by atoms with E-state index >= 15 is 0 Å². The zero-order valence-corrected chi connectivity index (χ0v) is 11.5. The lowest BCUT2D eigenvalue weighted by Gasteiger charge is -2.30. The fourth-order valence-corrected chi connectivity index (χ4v) is 2.59. The summed E-state index contributed by atoms with van der Waals surface area (Å²) in [7, 11) is 1.82. The summed E-state index contributed by atoms with van der Waals surface area (Å²) in [4.78, 5) is 14.1. The lowest BCUT2D eigenvalue weighted by atomic mass is 10.0. The molecule has 1 aliphatic rings. The van der Waals surface area contributed by atoms with Crippen LogP contribution in [0.3, 0.4) is 0 Å². The van der Waals surface area contributed by atoms with E-state index in [1.54, 1.807) is 0 Å². The molecule has 4 nitrogen and oxygen atoms in total. The number of nitrogens with zero attached hydrogens (tertiary/aromatic N) is 1. The van der Waals surface area contributed by atoms with Crippen LogP contribution in [0.2, 0.25) is 0 Å². The molecule has 1 aliphatic heterocycles.